The molecule has 0 aromatic heterocycles. The highest BCUT2D eigenvalue weighted by Gasteiger charge is 2.28. The zero-order valence-corrected chi connectivity index (χ0v) is 11.7. The fourth-order valence-corrected chi connectivity index (χ4v) is 2.36. The largest absolute Gasteiger partial charge is 0.481 e. The van der Waals surface area contributed by atoms with Gasteiger partial charge in [-0.1, -0.05) is 23.7 Å². The van der Waals surface area contributed by atoms with E-state index in [1.807, 2.05) is 0 Å². The average molecular weight is 298 g/mol. The fourth-order valence-electron chi connectivity index (χ4n) is 2.23. The molecule has 0 aliphatic carbocycles. The van der Waals surface area contributed by atoms with E-state index in [1.54, 1.807) is 29.2 Å². The van der Waals surface area contributed by atoms with Gasteiger partial charge >= 0.3 is 5.97 Å². The number of carboxylic acids is 1. The predicted octanol–water partition coefficient (Wildman–Crippen LogP) is 1.58. The summed E-state index contributed by atoms with van der Waals surface area (Å²) >= 11 is 5.80. The molecule has 1 aliphatic rings. The minimum Gasteiger partial charge on any atom is -0.481 e. The number of rotatable bonds is 4. The van der Waals surface area contributed by atoms with Crippen molar-refractivity contribution < 1.29 is 19.4 Å². The van der Waals surface area contributed by atoms with Gasteiger partial charge in [0.15, 0.2) is 0 Å². The first-order valence-corrected chi connectivity index (χ1v) is 6.77. The van der Waals surface area contributed by atoms with Crippen LogP contribution in [-0.4, -0.2) is 47.7 Å². The van der Waals surface area contributed by atoms with Gasteiger partial charge in [0, 0.05) is 11.6 Å². The van der Waals surface area contributed by atoms with Gasteiger partial charge in [-0.3, -0.25) is 9.59 Å². The Balaban J connectivity index is 2.01. The van der Waals surface area contributed by atoms with Gasteiger partial charge in [0.25, 0.3) is 0 Å². The third kappa shape index (κ3) is 3.95. The minimum absolute atomic E-state index is 0.0816. The van der Waals surface area contributed by atoms with E-state index in [-0.39, 0.29) is 31.4 Å². The Morgan fingerprint density at radius 2 is 2.05 bits per heavy atom. The molecule has 1 aliphatic heterocycles. The highest BCUT2D eigenvalue weighted by Crippen LogP contribution is 2.15. The Hall–Kier alpha value is -1.59. The van der Waals surface area contributed by atoms with E-state index in [2.05, 4.69) is 0 Å². The Bertz CT molecular complexity index is 488. The second kappa shape index (κ2) is 6.72. The monoisotopic (exact) mass is 297 g/mol. The van der Waals surface area contributed by atoms with Crippen LogP contribution in [0.25, 0.3) is 0 Å². The number of ether oxygens (including phenoxy) is 1. The van der Waals surface area contributed by atoms with Crippen molar-refractivity contribution in [2.75, 3.05) is 19.8 Å². The van der Waals surface area contributed by atoms with E-state index in [1.165, 1.54) is 0 Å². The molecule has 0 radical (unpaired) electrons. The smallest absolute Gasteiger partial charge is 0.305 e. The quantitative estimate of drug-likeness (QED) is 0.916. The maximum atomic E-state index is 12.3. The van der Waals surface area contributed by atoms with Crippen molar-refractivity contribution in [3.63, 3.8) is 0 Å². The lowest BCUT2D eigenvalue weighted by atomic mass is 10.1. The third-order valence-corrected chi connectivity index (χ3v) is 3.48. The number of hydrogen-bond donors (Lipinski definition) is 1. The number of aliphatic carboxylic acids is 1. The Kier molecular flexibility index (Phi) is 4.98. The van der Waals surface area contributed by atoms with Gasteiger partial charge < -0.3 is 14.7 Å². The predicted molar refractivity (Wildman–Crippen MR) is 73.7 cm³/mol. The molecular weight excluding hydrogens is 282 g/mol. The van der Waals surface area contributed by atoms with Crippen LogP contribution in [0.3, 0.4) is 0 Å². The molecule has 1 atom stereocenters. The van der Waals surface area contributed by atoms with Gasteiger partial charge in [-0.05, 0) is 17.7 Å². The molecule has 1 fully saturated rings. The number of nitrogens with zero attached hydrogens (tertiary/aromatic N) is 1. The highest BCUT2D eigenvalue weighted by atomic mass is 35.5. The summed E-state index contributed by atoms with van der Waals surface area (Å²) in [5.41, 5.74) is 0.861. The van der Waals surface area contributed by atoms with Crippen LogP contribution in [0.4, 0.5) is 0 Å². The van der Waals surface area contributed by atoms with Crippen LogP contribution in [0.1, 0.15) is 12.0 Å². The van der Waals surface area contributed by atoms with E-state index < -0.39 is 5.97 Å². The Morgan fingerprint density at radius 1 is 1.35 bits per heavy atom. The maximum absolute atomic E-state index is 12.3. The van der Waals surface area contributed by atoms with Crippen LogP contribution >= 0.6 is 11.6 Å². The summed E-state index contributed by atoms with van der Waals surface area (Å²) in [6.07, 6.45) is 0.152. The number of carbonyl (C=O) groups excluding carboxylic acids is 1. The SMILES string of the molecule is O=C(O)CC1COCCN1C(=O)Cc1ccc(Cl)cc1. The molecule has 1 unspecified atom stereocenters. The molecule has 1 heterocycles. The molecule has 1 aromatic carbocycles. The van der Waals surface area contributed by atoms with Crippen molar-refractivity contribution in [2.45, 2.75) is 18.9 Å². The first-order chi connectivity index (χ1) is 9.56. The standard InChI is InChI=1S/C14H16ClNO4/c15-11-3-1-10(2-4-11)7-13(17)16-5-6-20-9-12(16)8-14(18)19/h1-4,12H,5-9H2,(H,18,19). The van der Waals surface area contributed by atoms with Crippen molar-refractivity contribution in [2.24, 2.45) is 0 Å². The van der Waals surface area contributed by atoms with Gasteiger partial charge in [0.2, 0.25) is 5.91 Å². The summed E-state index contributed by atoms with van der Waals surface area (Å²) in [6.45, 7) is 1.16. The van der Waals surface area contributed by atoms with Crippen LogP contribution in [0, 0.1) is 0 Å². The van der Waals surface area contributed by atoms with Crippen molar-refractivity contribution in [3.05, 3.63) is 34.9 Å². The Morgan fingerprint density at radius 3 is 2.70 bits per heavy atom. The number of morpholine rings is 1. The summed E-state index contributed by atoms with van der Waals surface area (Å²) in [4.78, 5) is 24.7. The number of carboxylic acid groups (broad SMARTS) is 1. The van der Waals surface area contributed by atoms with E-state index in [9.17, 15) is 9.59 Å². The number of benzene rings is 1. The molecule has 1 amide bonds. The molecule has 1 aromatic rings. The number of amides is 1. The van der Waals surface area contributed by atoms with Crippen LogP contribution in [0.5, 0.6) is 0 Å². The van der Waals surface area contributed by atoms with Crippen LogP contribution in [0.2, 0.25) is 5.02 Å². The van der Waals surface area contributed by atoms with Crippen molar-refractivity contribution >= 4 is 23.5 Å². The van der Waals surface area contributed by atoms with Crippen molar-refractivity contribution in [3.8, 4) is 0 Å². The molecular formula is C14H16ClNO4. The van der Waals surface area contributed by atoms with Gasteiger partial charge in [-0.15, -0.1) is 0 Å². The van der Waals surface area contributed by atoms with Crippen LogP contribution in [-0.2, 0) is 20.7 Å². The molecule has 0 bridgehead atoms. The lowest BCUT2D eigenvalue weighted by Crippen LogP contribution is -2.50. The zero-order chi connectivity index (χ0) is 14.5. The first-order valence-electron chi connectivity index (χ1n) is 6.39. The van der Waals surface area contributed by atoms with E-state index in [4.69, 9.17) is 21.4 Å². The topological polar surface area (TPSA) is 66.8 Å². The van der Waals surface area contributed by atoms with E-state index in [0.29, 0.717) is 18.2 Å². The number of hydrogen-bond acceptors (Lipinski definition) is 3. The second-order valence-corrected chi connectivity index (χ2v) is 5.15. The van der Waals surface area contributed by atoms with Gasteiger partial charge in [0.05, 0.1) is 32.1 Å². The molecule has 1 saturated heterocycles. The molecule has 6 heteroatoms. The summed E-state index contributed by atoms with van der Waals surface area (Å²) in [6, 6.07) is 6.68. The molecule has 5 nitrogen and oxygen atoms in total. The van der Waals surface area contributed by atoms with Gasteiger partial charge in [-0.2, -0.15) is 0 Å². The lowest BCUT2D eigenvalue weighted by molar-refractivity contribution is -0.145. The fraction of sp³-hybridized carbons (Fsp3) is 0.429. The molecule has 2 rings (SSSR count). The summed E-state index contributed by atoms with van der Waals surface area (Å²) in [5, 5.41) is 9.50. The zero-order valence-electron chi connectivity index (χ0n) is 10.9. The van der Waals surface area contributed by atoms with E-state index >= 15 is 0 Å². The normalized spacial score (nSPS) is 18.9. The van der Waals surface area contributed by atoms with Crippen LogP contribution < -0.4 is 0 Å². The van der Waals surface area contributed by atoms with Gasteiger partial charge in [0.1, 0.15) is 0 Å². The summed E-state index contributed by atoms with van der Waals surface area (Å²) < 4.78 is 5.25. The summed E-state index contributed by atoms with van der Waals surface area (Å²) in [5.74, 6) is -1.01. The maximum Gasteiger partial charge on any atom is 0.305 e. The lowest BCUT2D eigenvalue weighted by Gasteiger charge is -2.35. The molecule has 108 valence electrons. The highest BCUT2D eigenvalue weighted by molar-refractivity contribution is 6.30. The van der Waals surface area contributed by atoms with E-state index in [0.717, 1.165) is 5.56 Å². The van der Waals surface area contributed by atoms with Crippen LogP contribution in [0.15, 0.2) is 24.3 Å². The average Bonchev–Trinajstić information content (AvgIpc) is 2.41. The number of carbonyl (C=O) groups is 2. The second-order valence-electron chi connectivity index (χ2n) is 4.72. The molecule has 1 N–H and O–H groups in total. The summed E-state index contributed by atoms with van der Waals surface area (Å²) in [7, 11) is 0. The first kappa shape index (κ1) is 14.8. The number of halogens is 1. The molecule has 0 spiro atoms. The van der Waals surface area contributed by atoms with Gasteiger partial charge in [-0.25, -0.2) is 0 Å². The molecule has 0 saturated carbocycles. The minimum atomic E-state index is -0.926. The third-order valence-electron chi connectivity index (χ3n) is 3.23. The van der Waals surface area contributed by atoms with Crippen molar-refractivity contribution in [1.29, 1.82) is 0 Å². The Labute approximate surface area is 122 Å². The van der Waals surface area contributed by atoms with Crippen molar-refractivity contribution in [1.82, 2.24) is 4.90 Å². The molecule has 20 heavy (non-hydrogen) atoms.